The van der Waals surface area contributed by atoms with Gasteiger partial charge in [-0.2, -0.15) is 15.4 Å². The topological polar surface area (TPSA) is 105 Å². The summed E-state index contributed by atoms with van der Waals surface area (Å²) in [4.78, 5) is 11.2. The maximum Gasteiger partial charge on any atom is 0.271 e. The van der Waals surface area contributed by atoms with E-state index in [4.69, 9.17) is 5.73 Å². The fraction of sp³-hybridized carbons (Fsp3) is 0.214. The van der Waals surface area contributed by atoms with Gasteiger partial charge in [-0.3, -0.25) is 4.79 Å². The molecule has 4 N–H and O–H groups in total. The fourth-order valence-electron chi connectivity index (χ4n) is 1.54. The summed E-state index contributed by atoms with van der Waals surface area (Å²) in [6, 6.07) is 7.07. The van der Waals surface area contributed by atoms with Crippen molar-refractivity contribution in [1.82, 2.24) is 15.4 Å². The minimum Gasteiger partial charge on any atom is -0.378 e. The van der Waals surface area contributed by atoms with Gasteiger partial charge in [-0.1, -0.05) is 24.0 Å². The van der Waals surface area contributed by atoms with Crippen LogP contribution in [0.2, 0.25) is 0 Å². The predicted octanol–water partition coefficient (Wildman–Crippen LogP) is 0.693. The van der Waals surface area contributed by atoms with Crippen LogP contribution in [0.5, 0.6) is 0 Å². The number of aliphatic hydroxyl groups is 1. The molecule has 0 aliphatic rings. The van der Waals surface area contributed by atoms with E-state index in [1.807, 2.05) is 0 Å². The monoisotopic (exact) mass is 270 g/mol. The molecule has 0 aliphatic carbocycles. The van der Waals surface area contributed by atoms with E-state index in [9.17, 15) is 9.90 Å². The number of carbonyl (C=O) groups is 1. The quantitative estimate of drug-likeness (QED) is 0.698. The summed E-state index contributed by atoms with van der Waals surface area (Å²) in [6.45, 7) is 3.23. The second kappa shape index (κ2) is 5.15. The number of aromatic nitrogens is 3. The predicted molar refractivity (Wildman–Crippen MR) is 73.5 cm³/mol. The normalized spacial score (nSPS) is 10.8. The Morgan fingerprint density at radius 1 is 1.30 bits per heavy atom. The van der Waals surface area contributed by atoms with Gasteiger partial charge in [0.15, 0.2) is 5.69 Å². The Labute approximate surface area is 116 Å². The molecule has 1 amide bonds. The molecule has 1 aromatic carbocycles. The number of amides is 1. The minimum atomic E-state index is -1.04. The van der Waals surface area contributed by atoms with Crippen LogP contribution in [0.25, 0.3) is 11.3 Å². The lowest BCUT2D eigenvalue weighted by molar-refractivity contribution is 0.0996. The number of primary amides is 1. The Morgan fingerprint density at radius 2 is 1.95 bits per heavy atom. The lowest BCUT2D eigenvalue weighted by atomic mass is 10.1. The molecule has 102 valence electrons. The van der Waals surface area contributed by atoms with Crippen molar-refractivity contribution in [3.8, 4) is 23.1 Å². The average Bonchev–Trinajstić information content (AvgIpc) is 2.85. The molecule has 0 saturated carbocycles. The Morgan fingerprint density at radius 3 is 2.50 bits per heavy atom. The van der Waals surface area contributed by atoms with Crippen LogP contribution < -0.4 is 5.73 Å². The van der Waals surface area contributed by atoms with Gasteiger partial charge < -0.3 is 10.8 Å². The summed E-state index contributed by atoms with van der Waals surface area (Å²) in [5, 5.41) is 19.5. The number of benzene rings is 1. The van der Waals surface area contributed by atoms with Crippen molar-refractivity contribution in [1.29, 1.82) is 0 Å². The molecule has 0 fully saturated rings. The molecule has 20 heavy (non-hydrogen) atoms. The van der Waals surface area contributed by atoms with E-state index >= 15 is 0 Å². The number of hydrogen-bond donors (Lipinski definition) is 3. The van der Waals surface area contributed by atoms with Crippen LogP contribution in [-0.2, 0) is 0 Å². The molecule has 0 saturated heterocycles. The maximum absolute atomic E-state index is 11.2. The first-order chi connectivity index (χ1) is 9.37. The maximum atomic E-state index is 11.2. The van der Waals surface area contributed by atoms with Crippen LogP contribution in [0.3, 0.4) is 0 Å². The van der Waals surface area contributed by atoms with Crippen LogP contribution in [0.4, 0.5) is 0 Å². The molecular weight excluding hydrogens is 256 g/mol. The molecule has 0 bridgehead atoms. The SMILES string of the molecule is CC(C)(O)C#Cc1ccc(-c2n[nH]nc2C(N)=O)cc1. The highest BCUT2D eigenvalue weighted by Crippen LogP contribution is 2.19. The summed E-state index contributed by atoms with van der Waals surface area (Å²) in [6.07, 6.45) is 0. The van der Waals surface area contributed by atoms with Crippen LogP contribution >= 0.6 is 0 Å². The van der Waals surface area contributed by atoms with Gasteiger partial charge in [0.1, 0.15) is 11.3 Å². The first kappa shape index (κ1) is 13.8. The first-order valence-corrected chi connectivity index (χ1v) is 5.93. The van der Waals surface area contributed by atoms with Crippen molar-refractivity contribution >= 4 is 5.91 Å². The summed E-state index contributed by atoms with van der Waals surface area (Å²) < 4.78 is 0. The van der Waals surface area contributed by atoms with Gasteiger partial charge in [-0.25, -0.2) is 0 Å². The zero-order valence-corrected chi connectivity index (χ0v) is 11.1. The fourth-order valence-corrected chi connectivity index (χ4v) is 1.54. The number of carbonyl (C=O) groups excluding carboxylic acids is 1. The number of rotatable bonds is 2. The summed E-state index contributed by atoms with van der Waals surface area (Å²) in [5.74, 6) is 4.94. The zero-order valence-electron chi connectivity index (χ0n) is 11.1. The van der Waals surface area contributed by atoms with Crippen LogP contribution in [0, 0.1) is 11.8 Å². The number of nitrogens with one attached hydrogen (secondary N) is 1. The van der Waals surface area contributed by atoms with Gasteiger partial charge in [0, 0.05) is 11.1 Å². The molecule has 1 heterocycles. The average molecular weight is 270 g/mol. The van der Waals surface area contributed by atoms with E-state index in [1.54, 1.807) is 38.1 Å². The summed E-state index contributed by atoms with van der Waals surface area (Å²) in [7, 11) is 0. The lowest BCUT2D eigenvalue weighted by Crippen LogP contribution is -2.14. The number of H-pyrrole nitrogens is 1. The zero-order chi connectivity index (χ0) is 14.8. The highest BCUT2D eigenvalue weighted by molar-refractivity contribution is 5.96. The summed E-state index contributed by atoms with van der Waals surface area (Å²) in [5.41, 5.74) is 6.13. The first-order valence-electron chi connectivity index (χ1n) is 5.93. The smallest absolute Gasteiger partial charge is 0.271 e. The standard InChI is InChI=1S/C14H14N4O2/c1-14(2,20)8-7-9-3-5-10(6-4-9)11-12(13(15)19)17-18-16-11/h3-6,20H,1-2H3,(H2,15,19)(H,16,17,18). The van der Waals surface area contributed by atoms with E-state index in [0.717, 1.165) is 5.56 Å². The van der Waals surface area contributed by atoms with Gasteiger partial charge in [0.05, 0.1) is 0 Å². The number of nitrogens with zero attached hydrogens (tertiary/aromatic N) is 2. The van der Waals surface area contributed by atoms with Crippen molar-refractivity contribution in [3.63, 3.8) is 0 Å². The van der Waals surface area contributed by atoms with Crippen molar-refractivity contribution in [2.45, 2.75) is 19.4 Å². The Balaban J connectivity index is 2.30. The van der Waals surface area contributed by atoms with Gasteiger partial charge in [-0.05, 0) is 26.0 Å². The van der Waals surface area contributed by atoms with E-state index in [-0.39, 0.29) is 5.69 Å². The molecule has 0 atom stereocenters. The number of hydrogen-bond acceptors (Lipinski definition) is 4. The third-order valence-electron chi connectivity index (χ3n) is 2.45. The van der Waals surface area contributed by atoms with Crippen molar-refractivity contribution in [2.24, 2.45) is 5.73 Å². The molecule has 0 unspecified atom stereocenters. The molecule has 2 rings (SSSR count). The van der Waals surface area contributed by atoms with Crippen molar-refractivity contribution in [2.75, 3.05) is 0 Å². The van der Waals surface area contributed by atoms with Crippen molar-refractivity contribution in [3.05, 3.63) is 35.5 Å². The van der Waals surface area contributed by atoms with Gasteiger partial charge >= 0.3 is 0 Å². The molecule has 1 aromatic heterocycles. The van der Waals surface area contributed by atoms with E-state index in [1.165, 1.54) is 0 Å². The molecule has 6 nitrogen and oxygen atoms in total. The molecule has 0 aliphatic heterocycles. The highest BCUT2D eigenvalue weighted by Gasteiger charge is 2.14. The highest BCUT2D eigenvalue weighted by atomic mass is 16.3. The van der Waals surface area contributed by atoms with Crippen LogP contribution in [-0.4, -0.2) is 32.0 Å². The van der Waals surface area contributed by atoms with Crippen LogP contribution in [0.1, 0.15) is 29.9 Å². The molecular formula is C14H14N4O2. The lowest BCUT2D eigenvalue weighted by Gasteiger charge is -2.06. The molecule has 6 heteroatoms. The second-order valence-electron chi connectivity index (χ2n) is 4.77. The number of nitrogens with two attached hydrogens (primary N) is 1. The Hall–Kier alpha value is -2.65. The van der Waals surface area contributed by atoms with E-state index < -0.39 is 11.5 Å². The summed E-state index contributed by atoms with van der Waals surface area (Å²) >= 11 is 0. The van der Waals surface area contributed by atoms with Gasteiger partial charge in [-0.15, -0.1) is 0 Å². The Bertz CT molecular complexity index is 684. The van der Waals surface area contributed by atoms with Crippen LogP contribution in [0.15, 0.2) is 24.3 Å². The number of aromatic amines is 1. The third kappa shape index (κ3) is 3.22. The molecule has 2 aromatic rings. The van der Waals surface area contributed by atoms with E-state index in [0.29, 0.717) is 11.3 Å². The third-order valence-corrected chi connectivity index (χ3v) is 2.45. The van der Waals surface area contributed by atoms with Gasteiger partial charge in [0.2, 0.25) is 0 Å². The molecule has 0 spiro atoms. The minimum absolute atomic E-state index is 0.0975. The van der Waals surface area contributed by atoms with E-state index in [2.05, 4.69) is 27.3 Å². The largest absolute Gasteiger partial charge is 0.378 e. The van der Waals surface area contributed by atoms with Crippen molar-refractivity contribution < 1.29 is 9.90 Å². The molecule has 0 radical (unpaired) electrons. The second-order valence-corrected chi connectivity index (χ2v) is 4.77. The Kier molecular flexibility index (Phi) is 3.55. The van der Waals surface area contributed by atoms with Gasteiger partial charge in [0.25, 0.3) is 5.91 Å².